The van der Waals surface area contributed by atoms with Crippen LogP contribution in [0.25, 0.3) is 11.3 Å². The first-order valence-corrected chi connectivity index (χ1v) is 8.75. The van der Waals surface area contributed by atoms with Gasteiger partial charge in [0.25, 0.3) is 10.0 Å². The molecule has 0 spiro atoms. The molecule has 0 aliphatic heterocycles. The molecule has 124 valence electrons. The molecule has 0 atom stereocenters. The fraction of sp³-hybridized carbons (Fsp3) is 0.118. The lowest BCUT2D eigenvalue weighted by molar-refractivity contribution is 0.598. The summed E-state index contributed by atoms with van der Waals surface area (Å²) < 4.78 is 40.8. The third-order valence-electron chi connectivity index (χ3n) is 3.54. The first-order chi connectivity index (χ1) is 11.3. The van der Waals surface area contributed by atoms with E-state index in [1.165, 1.54) is 12.1 Å². The van der Waals surface area contributed by atoms with E-state index >= 15 is 0 Å². The lowest BCUT2D eigenvalue weighted by atomic mass is 10.1. The smallest absolute Gasteiger partial charge is 0.262 e. The number of rotatable bonds is 4. The van der Waals surface area contributed by atoms with E-state index in [0.29, 0.717) is 11.3 Å². The molecule has 1 heterocycles. The van der Waals surface area contributed by atoms with Crippen LogP contribution in [0.4, 0.5) is 10.1 Å². The van der Waals surface area contributed by atoms with Crippen molar-refractivity contribution < 1.29 is 12.8 Å². The Balaban J connectivity index is 1.93. The van der Waals surface area contributed by atoms with Crippen molar-refractivity contribution in [3.05, 3.63) is 65.6 Å². The monoisotopic (exact) mass is 345 g/mol. The molecular formula is C17H16FN3O2S. The summed E-state index contributed by atoms with van der Waals surface area (Å²) >= 11 is 0. The van der Waals surface area contributed by atoms with Crippen LogP contribution in [0.1, 0.15) is 11.3 Å². The number of hydrogen-bond acceptors (Lipinski definition) is 3. The molecule has 7 heteroatoms. The zero-order chi connectivity index (χ0) is 17.3. The zero-order valence-electron chi connectivity index (χ0n) is 13.2. The van der Waals surface area contributed by atoms with Crippen molar-refractivity contribution in [2.45, 2.75) is 18.7 Å². The molecule has 0 saturated heterocycles. The Kier molecular flexibility index (Phi) is 4.11. The minimum absolute atomic E-state index is 0.0462. The Morgan fingerprint density at radius 2 is 1.88 bits per heavy atom. The molecule has 0 saturated carbocycles. The second-order valence-electron chi connectivity index (χ2n) is 5.53. The van der Waals surface area contributed by atoms with Gasteiger partial charge in [0.2, 0.25) is 0 Å². The fourth-order valence-corrected chi connectivity index (χ4v) is 3.71. The normalized spacial score (nSPS) is 11.5. The maximum atomic E-state index is 13.2. The Morgan fingerprint density at radius 1 is 1.08 bits per heavy atom. The molecule has 5 nitrogen and oxygen atoms in total. The van der Waals surface area contributed by atoms with Gasteiger partial charge in [-0.15, -0.1) is 0 Å². The summed E-state index contributed by atoms with van der Waals surface area (Å²) in [7, 11) is -3.80. The van der Waals surface area contributed by atoms with E-state index in [2.05, 4.69) is 14.9 Å². The number of aromatic nitrogens is 2. The lowest BCUT2D eigenvalue weighted by Gasteiger charge is -2.11. The number of nitrogens with one attached hydrogen (secondary N) is 2. The highest BCUT2D eigenvalue weighted by Gasteiger charge is 2.17. The summed E-state index contributed by atoms with van der Waals surface area (Å²) in [6.07, 6.45) is 0. The molecule has 0 radical (unpaired) electrons. The number of sulfonamides is 1. The van der Waals surface area contributed by atoms with Crippen LogP contribution in [-0.2, 0) is 10.0 Å². The Bertz CT molecular complexity index is 997. The van der Waals surface area contributed by atoms with Crippen molar-refractivity contribution in [3.8, 4) is 11.3 Å². The lowest BCUT2D eigenvalue weighted by Crippen LogP contribution is -2.14. The van der Waals surface area contributed by atoms with Crippen LogP contribution in [-0.4, -0.2) is 18.6 Å². The van der Waals surface area contributed by atoms with Crippen molar-refractivity contribution in [2.24, 2.45) is 0 Å². The fourth-order valence-electron chi connectivity index (χ4n) is 2.43. The third-order valence-corrected chi connectivity index (χ3v) is 5.08. The van der Waals surface area contributed by atoms with Crippen molar-refractivity contribution in [1.82, 2.24) is 10.2 Å². The molecule has 1 aromatic heterocycles. The van der Waals surface area contributed by atoms with Crippen molar-refractivity contribution in [3.63, 3.8) is 0 Å². The number of nitrogens with zero attached hydrogens (tertiary/aromatic N) is 1. The first kappa shape index (κ1) is 16.2. The number of H-pyrrole nitrogens is 1. The van der Waals surface area contributed by atoms with Crippen LogP contribution in [0.3, 0.4) is 0 Å². The predicted molar refractivity (Wildman–Crippen MR) is 90.7 cm³/mol. The van der Waals surface area contributed by atoms with Gasteiger partial charge in [0, 0.05) is 16.9 Å². The summed E-state index contributed by atoms with van der Waals surface area (Å²) in [5.41, 5.74) is 3.19. The van der Waals surface area contributed by atoms with Gasteiger partial charge in [0.1, 0.15) is 5.82 Å². The molecule has 2 N–H and O–H groups in total. The van der Waals surface area contributed by atoms with Gasteiger partial charge >= 0.3 is 0 Å². The molecule has 3 rings (SSSR count). The predicted octanol–water partition coefficient (Wildman–Crippen LogP) is 3.63. The summed E-state index contributed by atoms with van der Waals surface area (Å²) in [6.45, 7) is 3.45. The van der Waals surface area contributed by atoms with Crippen LogP contribution < -0.4 is 4.72 Å². The van der Waals surface area contributed by atoms with Gasteiger partial charge in [0.05, 0.1) is 10.6 Å². The van der Waals surface area contributed by atoms with Gasteiger partial charge in [0.15, 0.2) is 0 Å². The second kappa shape index (κ2) is 6.09. The van der Waals surface area contributed by atoms with Crippen LogP contribution in [0.2, 0.25) is 0 Å². The van der Waals surface area contributed by atoms with Gasteiger partial charge in [-0.2, -0.15) is 5.10 Å². The largest absolute Gasteiger partial charge is 0.282 e. The number of anilines is 1. The van der Waals surface area contributed by atoms with E-state index < -0.39 is 15.8 Å². The van der Waals surface area contributed by atoms with Crippen molar-refractivity contribution in [1.29, 1.82) is 0 Å². The topological polar surface area (TPSA) is 74.8 Å². The number of benzene rings is 2. The average Bonchev–Trinajstić information content (AvgIpc) is 2.93. The van der Waals surface area contributed by atoms with Crippen LogP contribution in [0.5, 0.6) is 0 Å². The molecular weight excluding hydrogens is 329 g/mol. The van der Waals surface area contributed by atoms with Crippen molar-refractivity contribution >= 4 is 15.7 Å². The summed E-state index contributed by atoms with van der Waals surface area (Å²) in [5, 5.41) is 7.01. The van der Waals surface area contributed by atoms with Gasteiger partial charge < -0.3 is 0 Å². The molecule has 0 amide bonds. The molecule has 0 unspecified atom stereocenters. The van der Waals surface area contributed by atoms with Gasteiger partial charge in [-0.3, -0.25) is 9.82 Å². The first-order valence-electron chi connectivity index (χ1n) is 7.26. The Morgan fingerprint density at radius 3 is 2.54 bits per heavy atom. The van der Waals surface area contributed by atoms with Gasteiger partial charge in [-0.05, 0) is 55.8 Å². The summed E-state index contributed by atoms with van der Waals surface area (Å²) in [5.74, 6) is -0.470. The van der Waals surface area contributed by atoms with E-state index in [1.807, 2.05) is 19.1 Å². The van der Waals surface area contributed by atoms with E-state index in [9.17, 15) is 12.8 Å². The molecule has 0 bridgehead atoms. The Labute approximate surface area is 139 Å². The highest BCUT2D eigenvalue weighted by molar-refractivity contribution is 7.92. The molecule has 24 heavy (non-hydrogen) atoms. The van der Waals surface area contributed by atoms with Crippen LogP contribution in [0.15, 0.2) is 53.4 Å². The van der Waals surface area contributed by atoms with Gasteiger partial charge in [-0.1, -0.05) is 12.1 Å². The highest BCUT2D eigenvalue weighted by atomic mass is 32.2. The third kappa shape index (κ3) is 3.30. The second-order valence-corrected chi connectivity index (χ2v) is 7.18. The maximum Gasteiger partial charge on any atom is 0.262 e. The van der Waals surface area contributed by atoms with Crippen LogP contribution >= 0.6 is 0 Å². The summed E-state index contributed by atoms with van der Waals surface area (Å²) in [4.78, 5) is 0.0462. The molecule has 0 aliphatic carbocycles. The van der Waals surface area contributed by atoms with E-state index in [0.717, 1.165) is 23.0 Å². The minimum atomic E-state index is -3.80. The minimum Gasteiger partial charge on any atom is -0.282 e. The van der Waals surface area contributed by atoms with Crippen LogP contribution in [0, 0.1) is 19.7 Å². The van der Waals surface area contributed by atoms with Gasteiger partial charge in [-0.25, -0.2) is 12.8 Å². The SMILES string of the molecule is Cc1cc(-c2cccc(NS(=O)(=O)c3ccc(F)cc3C)c2)n[nH]1. The zero-order valence-corrected chi connectivity index (χ0v) is 14.0. The van der Waals surface area contributed by atoms with E-state index in [-0.39, 0.29) is 4.90 Å². The molecule has 3 aromatic rings. The summed E-state index contributed by atoms with van der Waals surface area (Å²) in [6, 6.07) is 12.4. The quantitative estimate of drug-likeness (QED) is 0.758. The van der Waals surface area contributed by atoms with E-state index in [1.54, 1.807) is 25.1 Å². The molecule has 2 aromatic carbocycles. The molecule has 0 aliphatic rings. The molecule has 0 fully saturated rings. The number of aromatic amines is 1. The Hall–Kier alpha value is -2.67. The van der Waals surface area contributed by atoms with Crippen molar-refractivity contribution in [2.75, 3.05) is 4.72 Å². The number of halogens is 1. The maximum absolute atomic E-state index is 13.2. The van der Waals surface area contributed by atoms with E-state index in [4.69, 9.17) is 0 Å². The number of aryl methyl sites for hydroxylation is 2. The average molecular weight is 345 g/mol. The highest BCUT2D eigenvalue weighted by Crippen LogP contribution is 2.24. The number of hydrogen-bond donors (Lipinski definition) is 2. The standard InChI is InChI=1S/C17H16FN3O2S/c1-11-8-14(18)6-7-17(11)24(22,23)21-15-5-3-4-13(10-15)16-9-12(2)19-20-16/h3-10,21H,1-2H3,(H,19,20).